The molecule has 1 heterocycles. The van der Waals surface area contributed by atoms with Crippen molar-refractivity contribution < 1.29 is 4.74 Å². The van der Waals surface area contributed by atoms with Crippen molar-refractivity contribution in [3.63, 3.8) is 0 Å². The van der Waals surface area contributed by atoms with Gasteiger partial charge in [-0.3, -0.25) is 4.98 Å². The lowest BCUT2D eigenvalue weighted by Gasteiger charge is -2.15. The zero-order valence-corrected chi connectivity index (χ0v) is 11.9. The number of hydrogen-bond donors (Lipinski definition) is 1. The molecule has 1 atom stereocenters. The predicted molar refractivity (Wildman–Crippen MR) is 75.8 cm³/mol. The van der Waals surface area contributed by atoms with Gasteiger partial charge in [-0.1, -0.05) is 27.2 Å². The van der Waals surface area contributed by atoms with Crippen molar-refractivity contribution >= 4 is 0 Å². The van der Waals surface area contributed by atoms with Crippen LogP contribution in [0.5, 0.6) is 5.75 Å². The Bertz CT molecular complexity index is 328. The summed E-state index contributed by atoms with van der Waals surface area (Å²) in [7, 11) is 0. The van der Waals surface area contributed by atoms with Crippen LogP contribution in [0.25, 0.3) is 0 Å². The van der Waals surface area contributed by atoms with Gasteiger partial charge in [0.2, 0.25) is 0 Å². The van der Waals surface area contributed by atoms with Gasteiger partial charge < -0.3 is 10.1 Å². The quantitative estimate of drug-likeness (QED) is 0.682. The van der Waals surface area contributed by atoms with E-state index in [9.17, 15) is 0 Å². The van der Waals surface area contributed by atoms with Crippen LogP contribution < -0.4 is 10.1 Å². The summed E-state index contributed by atoms with van der Waals surface area (Å²) in [6, 6.07) is 2.03. The van der Waals surface area contributed by atoms with Crippen molar-refractivity contribution in [3.8, 4) is 5.75 Å². The van der Waals surface area contributed by atoms with E-state index in [1.54, 1.807) is 0 Å². The lowest BCUT2D eigenvalue weighted by Crippen LogP contribution is -2.16. The number of rotatable bonds is 9. The number of aromatic nitrogens is 1. The first-order chi connectivity index (χ1) is 8.77. The van der Waals surface area contributed by atoms with Crippen molar-refractivity contribution in [2.24, 2.45) is 5.92 Å². The third-order valence-electron chi connectivity index (χ3n) is 2.92. The standard InChI is InChI=1S/C15H26N2O/c1-4-6-13(3)12-18-15-11-17-9-7-14(15)10-16-8-5-2/h7,9,11,13,16H,4-6,8,10,12H2,1-3H3. The molecule has 3 heteroatoms. The van der Waals surface area contributed by atoms with E-state index >= 15 is 0 Å². The molecule has 0 amide bonds. The van der Waals surface area contributed by atoms with Gasteiger partial charge in [0, 0.05) is 18.3 Å². The molecule has 0 radical (unpaired) electrons. The highest BCUT2D eigenvalue weighted by molar-refractivity contribution is 5.29. The molecule has 1 aromatic rings. The number of pyridine rings is 1. The largest absolute Gasteiger partial charge is 0.491 e. The van der Waals surface area contributed by atoms with E-state index < -0.39 is 0 Å². The SMILES string of the molecule is CCCNCc1ccncc1OCC(C)CCC. The van der Waals surface area contributed by atoms with Gasteiger partial charge in [0.25, 0.3) is 0 Å². The van der Waals surface area contributed by atoms with Crippen molar-refractivity contribution in [1.82, 2.24) is 10.3 Å². The third-order valence-corrected chi connectivity index (χ3v) is 2.92. The minimum Gasteiger partial charge on any atom is -0.491 e. The molecule has 18 heavy (non-hydrogen) atoms. The molecule has 1 rings (SSSR count). The van der Waals surface area contributed by atoms with E-state index in [0.717, 1.165) is 31.9 Å². The molecule has 1 aromatic heterocycles. The lowest BCUT2D eigenvalue weighted by molar-refractivity contribution is 0.248. The average Bonchev–Trinajstić information content (AvgIpc) is 2.38. The van der Waals surface area contributed by atoms with E-state index in [2.05, 4.69) is 31.1 Å². The molecule has 0 bridgehead atoms. The predicted octanol–water partition coefficient (Wildman–Crippen LogP) is 3.40. The minimum absolute atomic E-state index is 0.603. The van der Waals surface area contributed by atoms with Crippen LogP contribution in [0.2, 0.25) is 0 Å². The molecule has 0 fully saturated rings. The van der Waals surface area contributed by atoms with Crippen molar-refractivity contribution in [2.75, 3.05) is 13.2 Å². The number of hydrogen-bond acceptors (Lipinski definition) is 3. The molecule has 0 aromatic carbocycles. The van der Waals surface area contributed by atoms with Gasteiger partial charge in [0.15, 0.2) is 0 Å². The maximum atomic E-state index is 5.88. The molecular weight excluding hydrogens is 224 g/mol. The molecule has 0 aliphatic rings. The van der Waals surface area contributed by atoms with Gasteiger partial charge in [-0.2, -0.15) is 0 Å². The Morgan fingerprint density at radius 1 is 1.33 bits per heavy atom. The summed E-state index contributed by atoms with van der Waals surface area (Å²) in [6.07, 6.45) is 7.22. The Kier molecular flexibility index (Phi) is 7.42. The molecular formula is C15H26N2O. The normalized spacial score (nSPS) is 12.4. The maximum Gasteiger partial charge on any atom is 0.142 e. The van der Waals surface area contributed by atoms with E-state index in [1.165, 1.54) is 18.4 Å². The number of ether oxygens (including phenoxy) is 1. The zero-order valence-electron chi connectivity index (χ0n) is 11.9. The molecule has 1 unspecified atom stereocenters. The van der Waals surface area contributed by atoms with Crippen molar-refractivity contribution in [3.05, 3.63) is 24.0 Å². The Labute approximate surface area is 111 Å². The summed E-state index contributed by atoms with van der Waals surface area (Å²) >= 11 is 0. The Morgan fingerprint density at radius 3 is 2.89 bits per heavy atom. The molecule has 0 saturated carbocycles. The van der Waals surface area contributed by atoms with Crippen molar-refractivity contribution in [1.29, 1.82) is 0 Å². The van der Waals surface area contributed by atoms with Crippen LogP contribution in [0.3, 0.4) is 0 Å². The van der Waals surface area contributed by atoms with Gasteiger partial charge in [-0.15, -0.1) is 0 Å². The molecule has 0 aliphatic heterocycles. The summed E-state index contributed by atoms with van der Waals surface area (Å²) < 4.78 is 5.88. The molecule has 0 saturated heterocycles. The van der Waals surface area contributed by atoms with Crippen LogP contribution in [-0.2, 0) is 6.54 Å². The summed E-state index contributed by atoms with van der Waals surface area (Å²) in [4.78, 5) is 4.14. The Morgan fingerprint density at radius 2 is 2.17 bits per heavy atom. The van der Waals surface area contributed by atoms with E-state index in [-0.39, 0.29) is 0 Å². The highest BCUT2D eigenvalue weighted by Gasteiger charge is 2.06. The minimum atomic E-state index is 0.603. The van der Waals surface area contributed by atoms with E-state index in [0.29, 0.717) is 5.92 Å². The van der Waals surface area contributed by atoms with Gasteiger partial charge in [-0.25, -0.2) is 0 Å². The number of nitrogens with one attached hydrogen (secondary N) is 1. The summed E-state index contributed by atoms with van der Waals surface area (Å²) in [5.41, 5.74) is 1.20. The zero-order chi connectivity index (χ0) is 13.2. The van der Waals surface area contributed by atoms with Gasteiger partial charge in [0.1, 0.15) is 5.75 Å². The van der Waals surface area contributed by atoms with Crippen LogP contribution >= 0.6 is 0 Å². The maximum absolute atomic E-state index is 5.88. The second-order valence-electron chi connectivity index (χ2n) is 4.87. The molecule has 0 aliphatic carbocycles. The van der Waals surface area contributed by atoms with Crippen LogP contribution in [0.4, 0.5) is 0 Å². The topological polar surface area (TPSA) is 34.2 Å². The highest BCUT2D eigenvalue weighted by Crippen LogP contribution is 2.18. The first-order valence-electron chi connectivity index (χ1n) is 7.04. The Hall–Kier alpha value is -1.09. The first-order valence-corrected chi connectivity index (χ1v) is 7.04. The van der Waals surface area contributed by atoms with E-state index in [1.807, 2.05) is 18.5 Å². The van der Waals surface area contributed by atoms with Gasteiger partial charge >= 0.3 is 0 Å². The van der Waals surface area contributed by atoms with Crippen LogP contribution in [0.1, 0.15) is 45.6 Å². The van der Waals surface area contributed by atoms with Gasteiger partial charge in [-0.05, 0) is 31.4 Å². The van der Waals surface area contributed by atoms with E-state index in [4.69, 9.17) is 4.74 Å². The van der Waals surface area contributed by atoms with Crippen LogP contribution in [0, 0.1) is 5.92 Å². The molecule has 3 nitrogen and oxygen atoms in total. The van der Waals surface area contributed by atoms with Gasteiger partial charge in [0.05, 0.1) is 12.8 Å². The van der Waals surface area contributed by atoms with Crippen molar-refractivity contribution in [2.45, 2.75) is 46.6 Å². The molecule has 1 N–H and O–H groups in total. The smallest absolute Gasteiger partial charge is 0.142 e. The fraction of sp³-hybridized carbons (Fsp3) is 0.667. The first kappa shape index (κ1) is 15.0. The molecule has 0 spiro atoms. The average molecular weight is 250 g/mol. The summed E-state index contributed by atoms with van der Waals surface area (Å²) in [5.74, 6) is 1.52. The fourth-order valence-corrected chi connectivity index (χ4v) is 1.89. The lowest BCUT2D eigenvalue weighted by atomic mass is 10.1. The fourth-order valence-electron chi connectivity index (χ4n) is 1.89. The van der Waals surface area contributed by atoms with Crippen LogP contribution in [-0.4, -0.2) is 18.1 Å². The second kappa shape index (κ2) is 8.92. The monoisotopic (exact) mass is 250 g/mol. The molecule has 102 valence electrons. The third kappa shape index (κ3) is 5.50. The highest BCUT2D eigenvalue weighted by atomic mass is 16.5. The summed E-state index contributed by atoms with van der Waals surface area (Å²) in [6.45, 7) is 9.28. The van der Waals surface area contributed by atoms with Crippen LogP contribution in [0.15, 0.2) is 18.5 Å². The Balaban J connectivity index is 2.48. The summed E-state index contributed by atoms with van der Waals surface area (Å²) in [5, 5.41) is 3.40. The second-order valence-corrected chi connectivity index (χ2v) is 4.87. The number of nitrogens with zero attached hydrogens (tertiary/aromatic N) is 1.